The van der Waals surface area contributed by atoms with Gasteiger partial charge in [-0.1, -0.05) is 0 Å². The van der Waals surface area contributed by atoms with Crippen molar-refractivity contribution in [3.05, 3.63) is 66.0 Å². The van der Waals surface area contributed by atoms with Crippen molar-refractivity contribution in [3.8, 4) is 17.0 Å². The highest BCUT2D eigenvalue weighted by molar-refractivity contribution is 5.94. The van der Waals surface area contributed by atoms with E-state index in [1.165, 1.54) is 18.2 Å². The Morgan fingerprint density at radius 1 is 1.17 bits per heavy atom. The van der Waals surface area contributed by atoms with E-state index < -0.39 is 11.8 Å². The number of aliphatic carboxylic acids is 1. The van der Waals surface area contributed by atoms with Gasteiger partial charge in [0, 0.05) is 17.0 Å². The Labute approximate surface area is 137 Å². The molecule has 0 atom stereocenters. The van der Waals surface area contributed by atoms with Crippen molar-refractivity contribution in [2.45, 2.75) is 0 Å². The number of benzene rings is 2. The molecule has 0 saturated carbocycles. The van der Waals surface area contributed by atoms with E-state index in [4.69, 9.17) is 9.84 Å². The van der Waals surface area contributed by atoms with Gasteiger partial charge in [-0.05, 0) is 60.2 Å². The van der Waals surface area contributed by atoms with Crippen LogP contribution in [0.4, 0.5) is 4.39 Å². The fourth-order valence-corrected chi connectivity index (χ4v) is 2.43. The van der Waals surface area contributed by atoms with E-state index in [1.54, 1.807) is 19.2 Å². The lowest BCUT2D eigenvalue weighted by molar-refractivity contribution is -0.131. The molecule has 0 amide bonds. The third-order valence-electron chi connectivity index (χ3n) is 3.59. The Morgan fingerprint density at radius 3 is 2.58 bits per heavy atom. The van der Waals surface area contributed by atoms with Gasteiger partial charge in [-0.3, -0.25) is 0 Å². The van der Waals surface area contributed by atoms with Gasteiger partial charge in [0.15, 0.2) is 0 Å². The zero-order valence-electron chi connectivity index (χ0n) is 12.9. The largest absolute Gasteiger partial charge is 0.497 e. The molecule has 0 fully saturated rings. The molecule has 0 unspecified atom stereocenters. The van der Waals surface area contributed by atoms with E-state index in [-0.39, 0.29) is 0 Å². The number of carboxylic acid groups (broad SMARTS) is 1. The number of halogens is 1. The maximum Gasteiger partial charge on any atom is 0.328 e. The van der Waals surface area contributed by atoms with Crippen LogP contribution in [0, 0.1) is 5.82 Å². The molecule has 0 radical (unpaired) electrons. The highest BCUT2D eigenvalue weighted by atomic mass is 19.1. The molecule has 3 rings (SSSR count). The van der Waals surface area contributed by atoms with Crippen molar-refractivity contribution in [2.24, 2.45) is 0 Å². The lowest BCUT2D eigenvalue weighted by atomic mass is 10.0. The third kappa shape index (κ3) is 3.25. The maximum absolute atomic E-state index is 13.5. The summed E-state index contributed by atoms with van der Waals surface area (Å²) in [5.74, 6) is -0.735. The summed E-state index contributed by atoms with van der Waals surface area (Å²) < 4.78 is 18.7. The predicted octanol–water partition coefficient (Wildman–Crippen LogP) is 4.15. The van der Waals surface area contributed by atoms with Crippen molar-refractivity contribution in [1.29, 1.82) is 0 Å². The van der Waals surface area contributed by atoms with Crippen molar-refractivity contribution in [1.82, 2.24) is 4.98 Å². The highest BCUT2D eigenvalue weighted by Crippen LogP contribution is 2.27. The summed E-state index contributed by atoms with van der Waals surface area (Å²) >= 11 is 0. The number of aromatic nitrogens is 1. The van der Waals surface area contributed by atoms with Gasteiger partial charge in [-0.15, -0.1) is 0 Å². The smallest absolute Gasteiger partial charge is 0.328 e. The van der Waals surface area contributed by atoms with Crippen molar-refractivity contribution in [2.75, 3.05) is 7.11 Å². The molecule has 0 aliphatic carbocycles. The number of fused-ring (bicyclic) bond motifs is 1. The second-order valence-corrected chi connectivity index (χ2v) is 5.16. The first kappa shape index (κ1) is 15.7. The van der Waals surface area contributed by atoms with E-state index in [0.29, 0.717) is 22.2 Å². The molecule has 0 aliphatic rings. The van der Waals surface area contributed by atoms with E-state index in [2.05, 4.69) is 4.98 Å². The number of ether oxygens (including phenoxy) is 1. The van der Waals surface area contributed by atoms with Crippen LogP contribution in [0.1, 0.15) is 5.56 Å². The number of nitrogens with zero attached hydrogens (tertiary/aromatic N) is 1. The number of pyridine rings is 1. The topological polar surface area (TPSA) is 59.4 Å². The summed E-state index contributed by atoms with van der Waals surface area (Å²) in [6.45, 7) is 0. The Kier molecular flexibility index (Phi) is 4.24. The zero-order valence-corrected chi connectivity index (χ0v) is 12.9. The Bertz CT molecular complexity index is 933. The lowest BCUT2D eigenvalue weighted by Gasteiger charge is -2.08. The van der Waals surface area contributed by atoms with Crippen LogP contribution in [0.2, 0.25) is 0 Å². The van der Waals surface area contributed by atoms with Crippen LogP contribution in [0.5, 0.6) is 5.75 Å². The summed E-state index contributed by atoms with van der Waals surface area (Å²) in [5, 5.41) is 9.42. The van der Waals surface area contributed by atoms with E-state index in [9.17, 15) is 9.18 Å². The number of carboxylic acids is 1. The Morgan fingerprint density at radius 2 is 1.92 bits per heavy atom. The second kappa shape index (κ2) is 6.50. The molecule has 0 spiro atoms. The first-order chi connectivity index (χ1) is 11.6. The van der Waals surface area contributed by atoms with Crippen LogP contribution in [0.25, 0.3) is 28.2 Å². The normalized spacial score (nSPS) is 11.1. The average molecular weight is 323 g/mol. The molecule has 0 aliphatic heterocycles. The molecule has 5 heteroatoms. The molecule has 120 valence electrons. The molecule has 1 heterocycles. The monoisotopic (exact) mass is 323 g/mol. The van der Waals surface area contributed by atoms with E-state index in [0.717, 1.165) is 17.4 Å². The lowest BCUT2D eigenvalue weighted by Crippen LogP contribution is -1.92. The molecule has 2 aromatic carbocycles. The van der Waals surface area contributed by atoms with Gasteiger partial charge >= 0.3 is 5.97 Å². The summed E-state index contributed by atoms with van der Waals surface area (Å²) in [5.41, 5.74) is 2.70. The summed E-state index contributed by atoms with van der Waals surface area (Å²) in [6, 6.07) is 13.4. The number of hydrogen-bond donors (Lipinski definition) is 1. The molecule has 24 heavy (non-hydrogen) atoms. The number of methoxy groups -OCH3 is 1. The molecule has 1 aromatic heterocycles. The molecule has 3 aromatic rings. The van der Waals surface area contributed by atoms with Crippen molar-refractivity contribution in [3.63, 3.8) is 0 Å². The van der Waals surface area contributed by atoms with Gasteiger partial charge in [-0.25, -0.2) is 14.2 Å². The molecule has 0 saturated heterocycles. The maximum atomic E-state index is 13.5. The number of carbonyl (C=O) groups is 1. The first-order valence-electron chi connectivity index (χ1n) is 7.22. The van der Waals surface area contributed by atoms with Crippen LogP contribution < -0.4 is 4.74 Å². The predicted molar refractivity (Wildman–Crippen MR) is 90.4 cm³/mol. The van der Waals surface area contributed by atoms with Gasteiger partial charge in [0.25, 0.3) is 0 Å². The van der Waals surface area contributed by atoms with Crippen LogP contribution in [-0.4, -0.2) is 23.2 Å². The standard InChI is InChI=1S/C19H14FNO3/c1-24-15-6-2-12(3-7-15)18-10-13(4-9-19(22)23)16-11-14(20)5-8-17(16)21-18/h2-11H,1H3,(H,22,23). The van der Waals surface area contributed by atoms with Crippen molar-refractivity contribution >= 4 is 22.9 Å². The fourth-order valence-electron chi connectivity index (χ4n) is 2.43. The summed E-state index contributed by atoms with van der Waals surface area (Å²) in [6.07, 6.45) is 2.47. The highest BCUT2D eigenvalue weighted by Gasteiger charge is 2.08. The molecule has 0 bridgehead atoms. The minimum Gasteiger partial charge on any atom is -0.497 e. The zero-order chi connectivity index (χ0) is 17.1. The summed E-state index contributed by atoms with van der Waals surface area (Å²) in [7, 11) is 1.59. The third-order valence-corrected chi connectivity index (χ3v) is 3.59. The van der Waals surface area contributed by atoms with Gasteiger partial charge in [-0.2, -0.15) is 0 Å². The van der Waals surface area contributed by atoms with Gasteiger partial charge < -0.3 is 9.84 Å². The Balaban J connectivity index is 2.18. The van der Waals surface area contributed by atoms with Gasteiger partial charge in [0.2, 0.25) is 0 Å². The van der Waals surface area contributed by atoms with E-state index in [1.807, 2.05) is 24.3 Å². The molecular formula is C19H14FNO3. The SMILES string of the molecule is COc1ccc(-c2cc(C=CC(=O)O)c3cc(F)ccc3n2)cc1. The van der Waals surface area contributed by atoms with Crippen LogP contribution in [-0.2, 0) is 4.79 Å². The molecule has 4 nitrogen and oxygen atoms in total. The quantitative estimate of drug-likeness (QED) is 0.733. The summed E-state index contributed by atoms with van der Waals surface area (Å²) in [4.78, 5) is 15.4. The van der Waals surface area contributed by atoms with E-state index >= 15 is 0 Å². The fraction of sp³-hybridized carbons (Fsp3) is 0.0526. The van der Waals surface area contributed by atoms with Crippen LogP contribution >= 0.6 is 0 Å². The minimum atomic E-state index is -1.07. The van der Waals surface area contributed by atoms with Crippen LogP contribution in [0.3, 0.4) is 0 Å². The van der Waals surface area contributed by atoms with Gasteiger partial charge in [0.1, 0.15) is 11.6 Å². The minimum absolute atomic E-state index is 0.397. The van der Waals surface area contributed by atoms with Crippen molar-refractivity contribution < 1.29 is 19.0 Å². The average Bonchev–Trinajstić information content (AvgIpc) is 2.59. The molecular weight excluding hydrogens is 309 g/mol. The van der Waals surface area contributed by atoms with Gasteiger partial charge in [0.05, 0.1) is 18.3 Å². The number of hydrogen-bond acceptors (Lipinski definition) is 3. The first-order valence-corrected chi connectivity index (χ1v) is 7.22. The molecule has 1 N–H and O–H groups in total. The Hall–Kier alpha value is -3.21. The van der Waals surface area contributed by atoms with Crippen LogP contribution in [0.15, 0.2) is 54.6 Å². The number of rotatable bonds is 4. The second-order valence-electron chi connectivity index (χ2n) is 5.16.